The van der Waals surface area contributed by atoms with Crippen LogP contribution in [0.15, 0.2) is 48.9 Å². The van der Waals surface area contributed by atoms with Crippen molar-refractivity contribution in [2.75, 3.05) is 12.3 Å². The molecule has 3 heterocycles. The summed E-state index contributed by atoms with van der Waals surface area (Å²) in [6.07, 6.45) is 1.15. The molecule has 0 spiro atoms. The van der Waals surface area contributed by atoms with E-state index in [1.54, 1.807) is 41.2 Å². The number of fused-ring (bicyclic) bond motifs is 6. The molecule has 2 aromatic heterocycles. The van der Waals surface area contributed by atoms with Crippen LogP contribution in [0.4, 0.5) is 19.0 Å². The number of nitrogens with zero attached hydrogens (tertiary/aromatic N) is 4. The summed E-state index contributed by atoms with van der Waals surface area (Å²) < 4.78 is 41.4. The topological polar surface area (TPSA) is 76.5 Å². The number of hydrogen-bond donors (Lipinski definition) is 1. The minimum atomic E-state index is -4.38. The highest BCUT2D eigenvalue weighted by atomic mass is 19.4. The summed E-state index contributed by atoms with van der Waals surface area (Å²) >= 11 is 0. The Morgan fingerprint density at radius 3 is 2.79 bits per heavy atom. The first-order valence-corrected chi connectivity index (χ1v) is 10.8. The van der Waals surface area contributed by atoms with Gasteiger partial charge in [0.05, 0.1) is 35.2 Å². The highest BCUT2D eigenvalue weighted by molar-refractivity contribution is 5.98. The lowest BCUT2D eigenvalue weighted by molar-refractivity contribution is -0.137. The van der Waals surface area contributed by atoms with E-state index in [1.165, 1.54) is 6.07 Å². The molecular weight excluding hydrogens is 431 g/mol. The number of alkyl halides is 3. The lowest BCUT2D eigenvalue weighted by atomic mass is 9.89. The summed E-state index contributed by atoms with van der Waals surface area (Å²) in [5, 5.41) is 0. The summed E-state index contributed by atoms with van der Waals surface area (Å²) in [5.74, 6) is 0.353. The summed E-state index contributed by atoms with van der Waals surface area (Å²) in [5.41, 5.74) is 9.43. The number of nitrogen functional groups attached to an aromatic ring is 1. The predicted octanol–water partition coefficient (Wildman–Crippen LogP) is 4.63. The molecule has 2 atom stereocenters. The molecule has 1 saturated heterocycles. The van der Waals surface area contributed by atoms with Crippen LogP contribution in [-0.2, 0) is 12.6 Å². The van der Waals surface area contributed by atoms with Gasteiger partial charge in [0.25, 0.3) is 5.91 Å². The Balaban J connectivity index is 1.40. The minimum Gasteiger partial charge on any atom is -0.382 e. The summed E-state index contributed by atoms with van der Waals surface area (Å²) in [6, 6.07) is 8.99. The highest BCUT2D eigenvalue weighted by Gasteiger charge is 2.42. The number of rotatable bonds is 1. The predicted molar refractivity (Wildman–Crippen MR) is 117 cm³/mol. The maximum atomic E-state index is 13.6. The number of carbonyl (C=O) groups excluding carboxylic acids is 1. The number of hydrogen-bond acceptors (Lipinski definition) is 4. The van der Waals surface area contributed by atoms with Crippen LogP contribution >= 0.6 is 0 Å². The summed E-state index contributed by atoms with van der Waals surface area (Å²) in [7, 11) is 0. The van der Waals surface area contributed by atoms with Crippen LogP contribution in [0.1, 0.15) is 45.9 Å². The number of piperidine rings is 1. The fourth-order valence-electron chi connectivity index (χ4n) is 5.44. The molecule has 0 radical (unpaired) electrons. The van der Waals surface area contributed by atoms with Gasteiger partial charge in [0.2, 0.25) is 0 Å². The number of halogens is 3. The first-order chi connectivity index (χ1) is 15.8. The van der Waals surface area contributed by atoms with Crippen LogP contribution in [-0.4, -0.2) is 31.7 Å². The van der Waals surface area contributed by atoms with Gasteiger partial charge in [0, 0.05) is 12.1 Å². The van der Waals surface area contributed by atoms with Gasteiger partial charge in [-0.2, -0.15) is 13.2 Å². The molecule has 0 bridgehead atoms. The Labute approximate surface area is 186 Å². The maximum absolute atomic E-state index is 13.6. The number of benzene rings is 2. The van der Waals surface area contributed by atoms with Crippen molar-refractivity contribution >= 4 is 28.3 Å². The largest absolute Gasteiger partial charge is 0.416 e. The van der Waals surface area contributed by atoms with E-state index < -0.39 is 11.7 Å². The Kier molecular flexibility index (Phi) is 4.21. The zero-order chi connectivity index (χ0) is 22.9. The Morgan fingerprint density at radius 1 is 1.12 bits per heavy atom. The van der Waals surface area contributed by atoms with Gasteiger partial charge in [0.15, 0.2) is 0 Å². The molecule has 0 saturated carbocycles. The lowest BCUT2D eigenvalue weighted by Crippen LogP contribution is -2.41. The third-order valence-corrected chi connectivity index (χ3v) is 6.91. The quantitative estimate of drug-likeness (QED) is 0.458. The number of aromatic nitrogens is 3. The van der Waals surface area contributed by atoms with Gasteiger partial charge < -0.3 is 10.6 Å². The van der Waals surface area contributed by atoms with Crippen molar-refractivity contribution in [3.63, 3.8) is 0 Å². The number of carbonyl (C=O) groups is 1. The molecule has 2 N–H and O–H groups in total. The third kappa shape index (κ3) is 3.06. The fourth-order valence-corrected chi connectivity index (χ4v) is 5.44. The van der Waals surface area contributed by atoms with E-state index in [0.717, 1.165) is 30.0 Å². The van der Waals surface area contributed by atoms with Crippen molar-refractivity contribution < 1.29 is 18.0 Å². The molecule has 1 aliphatic carbocycles. The third-order valence-electron chi connectivity index (χ3n) is 6.91. The van der Waals surface area contributed by atoms with Gasteiger partial charge in [-0.1, -0.05) is 6.07 Å². The van der Waals surface area contributed by atoms with E-state index >= 15 is 0 Å². The molecule has 4 aromatic rings. The first-order valence-electron chi connectivity index (χ1n) is 10.8. The van der Waals surface area contributed by atoms with E-state index in [4.69, 9.17) is 5.73 Å². The number of amides is 1. The number of anilines is 1. The van der Waals surface area contributed by atoms with Crippen LogP contribution in [0.5, 0.6) is 0 Å². The van der Waals surface area contributed by atoms with Crippen LogP contribution in [0.2, 0.25) is 0 Å². The van der Waals surface area contributed by atoms with E-state index in [1.807, 2.05) is 4.90 Å². The smallest absolute Gasteiger partial charge is 0.382 e. The van der Waals surface area contributed by atoms with Crippen molar-refractivity contribution in [2.45, 2.75) is 31.5 Å². The minimum absolute atomic E-state index is 0.128. The summed E-state index contributed by atoms with van der Waals surface area (Å²) in [6.45, 7) is 0.568. The van der Waals surface area contributed by atoms with Crippen LogP contribution in [0.3, 0.4) is 0 Å². The van der Waals surface area contributed by atoms with Crippen molar-refractivity contribution in [3.8, 4) is 0 Å². The molecule has 9 heteroatoms. The Hall–Kier alpha value is -3.62. The van der Waals surface area contributed by atoms with E-state index in [2.05, 4.69) is 9.97 Å². The zero-order valence-corrected chi connectivity index (χ0v) is 17.5. The van der Waals surface area contributed by atoms with Crippen molar-refractivity contribution in [1.82, 2.24) is 19.3 Å². The SMILES string of the molecule is Nc1nc2ccc(C(=O)N3CCCC4Cc5cc(C(F)(F)F)ccc5[C@@H]43)cc2n2cncc12. The monoisotopic (exact) mass is 451 g/mol. The molecule has 1 amide bonds. The Bertz CT molecular complexity index is 1430. The van der Waals surface area contributed by atoms with Crippen LogP contribution in [0, 0.1) is 5.92 Å². The number of likely N-dealkylation sites (tertiary alicyclic amines) is 1. The highest BCUT2D eigenvalue weighted by Crippen LogP contribution is 2.47. The van der Waals surface area contributed by atoms with Crippen molar-refractivity contribution in [1.29, 1.82) is 0 Å². The zero-order valence-electron chi connectivity index (χ0n) is 17.5. The first kappa shape index (κ1) is 20.0. The molecule has 1 aliphatic heterocycles. The lowest BCUT2D eigenvalue weighted by Gasteiger charge is -2.38. The molecule has 2 aliphatic rings. The average Bonchev–Trinajstić information content (AvgIpc) is 3.43. The molecular formula is C24H20F3N5O. The van der Waals surface area contributed by atoms with Gasteiger partial charge in [-0.25, -0.2) is 9.97 Å². The molecule has 6 rings (SSSR count). The van der Waals surface area contributed by atoms with E-state index in [9.17, 15) is 18.0 Å². The summed E-state index contributed by atoms with van der Waals surface area (Å²) in [4.78, 5) is 24.0. The maximum Gasteiger partial charge on any atom is 0.416 e. The van der Waals surface area contributed by atoms with Gasteiger partial charge in [0.1, 0.15) is 11.3 Å². The second-order valence-corrected chi connectivity index (χ2v) is 8.81. The standard InChI is InChI=1S/C24H20F3N5O/c25-24(26,27)16-4-5-17-15(9-16)8-13-2-1-7-31(21(13)17)23(33)14-3-6-18-19(10-14)32-12-29-11-20(32)22(28)30-18/h3-6,9-13,21H,1-2,7-8H2,(H2,28,30)/t13?,21-/m1/s1. The molecule has 2 aromatic carbocycles. The van der Waals surface area contributed by atoms with E-state index in [-0.39, 0.29) is 17.9 Å². The van der Waals surface area contributed by atoms with Crippen molar-refractivity contribution in [3.05, 3.63) is 71.2 Å². The molecule has 1 fully saturated rings. The normalized spacial score (nSPS) is 20.3. The second kappa shape index (κ2) is 6.94. The van der Waals surface area contributed by atoms with Crippen LogP contribution in [0.25, 0.3) is 16.6 Å². The number of imidazole rings is 1. The second-order valence-electron chi connectivity index (χ2n) is 8.81. The molecule has 33 heavy (non-hydrogen) atoms. The number of nitrogens with two attached hydrogens (primary N) is 1. The van der Waals surface area contributed by atoms with Gasteiger partial charge >= 0.3 is 6.18 Å². The van der Waals surface area contributed by atoms with Crippen LogP contribution < -0.4 is 5.73 Å². The van der Waals surface area contributed by atoms with Gasteiger partial charge in [-0.3, -0.25) is 9.20 Å². The Morgan fingerprint density at radius 2 is 1.97 bits per heavy atom. The van der Waals surface area contributed by atoms with Gasteiger partial charge in [-0.15, -0.1) is 0 Å². The molecule has 6 nitrogen and oxygen atoms in total. The average molecular weight is 451 g/mol. The molecule has 168 valence electrons. The van der Waals surface area contributed by atoms with E-state index in [0.29, 0.717) is 40.9 Å². The fraction of sp³-hybridized carbons (Fsp3) is 0.292. The van der Waals surface area contributed by atoms with Crippen molar-refractivity contribution in [2.24, 2.45) is 5.92 Å². The van der Waals surface area contributed by atoms with Gasteiger partial charge in [-0.05, 0) is 66.6 Å². The molecule has 1 unspecified atom stereocenters.